The maximum atomic E-state index is 11.9. The SMILES string of the molecule is C[C@@H](NC(=O)[C@@H]1CC[C@H](C(=O)O)O1)c1ccccn1. The van der Waals surface area contributed by atoms with E-state index in [2.05, 4.69) is 10.3 Å². The number of nitrogens with one attached hydrogen (secondary N) is 1. The molecule has 0 radical (unpaired) electrons. The summed E-state index contributed by atoms with van der Waals surface area (Å²) in [5.41, 5.74) is 0.753. The van der Waals surface area contributed by atoms with Crippen LogP contribution in [0.2, 0.25) is 0 Å². The van der Waals surface area contributed by atoms with Crippen molar-refractivity contribution in [3.63, 3.8) is 0 Å². The highest BCUT2D eigenvalue weighted by Gasteiger charge is 2.35. The molecular weight excluding hydrogens is 248 g/mol. The molecule has 2 N–H and O–H groups in total. The zero-order valence-corrected chi connectivity index (χ0v) is 10.6. The molecule has 1 saturated heterocycles. The highest BCUT2D eigenvalue weighted by molar-refractivity contribution is 5.82. The predicted octanol–water partition coefficient (Wildman–Crippen LogP) is 0.891. The summed E-state index contributed by atoms with van der Waals surface area (Å²) in [7, 11) is 0. The van der Waals surface area contributed by atoms with Crippen LogP contribution < -0.4 is 5.32 Å². The van der Waals surface area contributed by atoms with E-state index in [9.17, 15) is 9.59 Å². The van der Waals surface area contributed by atoms with Gasteiger partial charge in [-0.2, -0.15) is 0 Å². The third kappa shape index (κ3) is 3.29. The molecule has 1 aromatic rings. The number of ether oxygens (including phenoxy) is 1. The van der Waals surface area contributed by atoms with Crippen LogP contribution in [0.15, 0.2) is 24.4 Å². The smallest absolute Gasteiger partial charge is 0.332 e. The van der Waals surface area contributed by atoms with Gasteiger partial charge in [-0.05, 0) is 31.9 Å². The number of carbonyl (C=O) groups excluding carboxylic acids is 1. The zero-order chi connectivity index (χ0) is 13.8. The van der Waals surface area contributed by atoms with Gasteiger partial charge < -0.3 is 15.2 Å². The number of carboxylic acid groups (broad SMARTS) is 1. The van der Waals surface area contributed by atoms with Gasteiger partial charge in [0.05, 0.1) is 11.7 Å². The van der Waals surface area contributed by atoms with Gasteiger partial charge in [-0.1, -0.05) is 6.07 Å². The summed E-state index contributed by atoms with van der Waals surface area (Å²) in [6.07, 6.45) is 0.890. The Morgan fingerprint density at radius 1 is 1.42 bits per heavy atom. The lowest BCUT2D eigenvalue weighted by Crippen LogP contribution is -2.37. The average molecular weight is 264 g/mol. The molecule has 19 heavy (non-hydrogen) atoms. The van der Waals surface area contributed by atoms with Crippen LogP contribution in [0.3, 0.4) is 0 Å². The lowest BCUT2D eigenvalue weighted by molar-refractivity contribution is -0.151. The summed E-state index contributed by atoms with van der Waals surface area (Å²) in [6.45, 7) is 1.82. The molecule has 0 unspecified atom stereocenters. The summed E-state index contributed by atoms with van der Waals surface area (Å²) in [4.78, 5) is 26.8. The van der Waals surface area contributed by atoms with Crippen molar-refractivity contribution in [3.05, 3.63) is 30.1 Å². The number of amides is 1. The molecule has 0 spiro atoms. The van der Waals surface area contributed by atoms with Crippen LogP contribution in [0.4, 0.5) is 0 Å². The normalized spacial score (nSPS) is 23.8. The number of rotatable bonds is 4. The summed E-state index contributed by atoms with van der Waals surface area (Å²) < 4.78 is 5.19. The first-order valence-electron chi connectivity index (χ1n) is 6.17. The van der Waals surface area contributed by atoms with Crippen LogP contribution in [-0.4, -0.2) is 34.2 Å². The Bertz CT molecular complexity index is 463. The fourth-order valence-corrected chi connectivity index (χ4v) is 2.02. The van der Waals surface area contributed by atoms with E-state index in [1.54, 1.807) is 12.3 Å². The van der Waals surface area contributed by atoms with Gasteiger partial charge in [0.2, 0.25) is 5.91 Å². The van der Waals surface area contributed by atoms with Crippen LogP contribution >= 0.6 is 0 Å². The van der Waals surface area contributed by atoms with E-state index in [1.807, 2.05) is 19.1 Å². The summed E-state index contributed by atoms with van der Waals surface area (Å²) in [5, 5.41) is 11.6. The monoisotopic (exact) mass is 264 g/mol. The van der Waals surface area contributed by atoms with Gasteiger partial charge in [0.25, 0.3) is 0 Å². The Morgan fingerprint density at radius 2 is 2.16 bits per heavy atom. The Hall–Kier alpha value is -1.95. The van der Waals surface area contributed by atoms with Gasteiger partial charge >= 0.3 is 5.97 Å². The molecule has 3 atom stereocenters. The Labute approximate surface area is 110 Å². The van der Waals surface area contributed by atoms with Crippen molar-refractivity contribution in [2.24, 2.45) is 0 Å². The Kier molecular flexibility index (Phi) is 4.11. The van der Waals surface area contributed by atoms with Gasteiger partial charge in [0, 0.05) is 6.20 Å². The van der Waals surface area contributed by atoms with Gasteiger partial charge in [0.15, 0.2) is 6.10 Å². The minimum absolute atomic E-state index is 0.235. The molecule has 6 nitrogen and oxygen atoms in total. The van der Waals surface area contributed by atoms with E-state index in [0.29, 0.717) is 12.8 Å². The summed E-state index contributed by atoms with van der Waals surface area (Å²) >= 11 is 0. The molecule has 1 amide bonds. The Morgan fingerprint density at radius 3 is 2.74 bits per heavy atom. The third-order valence-corrected chi connectivity index (χ3v) is 3.08. The van der Waals surface area contributed by atoms with Crippen LogP contribution in [0, 0.1) is 0 Å². The largest absolute Gasteiger partial charge is 0.479 e. The van der Waals surface area contributed by atoms with Gasteiger partial charge in [-0.3, -0.25) is 9.78 Å². The fraction of sp³-hybridized carbons (Fsp3) is 0.462. The maximum Gasteiger partial charge on any atom is 0.332 e. The standard InChI is InChI=1S/C13H16N2O4/c1-8(9-4-2-3-7-14-9)15-12(16)10-5-6-11(19-10)13(17)18/h2-4,7-8,10-11H,5-6H2,1H3,(H,15,16)(H,17,18)/t8-,10+,11-/m1/s1. The highest BCUT2D eigenvalue weighted by Crippen LogP contribution is 2.21. The number of pyridine rings is 1. The van der Waals surface area contributed by atoms with E-state index >= 15 is 0 Å². The average Bonchev–Trinajstić information content (AvgIpc) is 2.89. The third-order valence-electron chi connectivity index (χ3n) is 3.08. The van der Waals surface area contributed by atoms with Crippen LogP contribution in [0.5, 0.6) is 0 Å². The van der Waals surface area contributed by atoms with E-state index in [-0.39, 0.29) is 11.9 Å². The first-order chi connectivity index (χ1) is 9.08. The predicted molar refractivity (Wildman–Crippen MR) is 66.3 cm³/mol. The van der Waals surface area contributed by atoms with Gasteiger partial charge in [-0.25, -0.2) is 4.79 Å². The Balaban J connectivity index is 1.90. The first kappa shape index (κ1) is 13.5. The topological polar surface area (TPSA) is 88.5 Å². The summed E-state index contributed by atoms with van der Waals surface area (Å²) in [5.74, 6) is -1.31. The lowest BCUT2D eigenvalue weighted by atomic mass is 10.1. The molecule has 1 fully saturated rings. The number of aromatic nitrogens is 1. The summed E-state index contributed by atoms with van der Waals surface area (Å²) in [6, 6.07) is 5.23. The van der Waals surface area contributed by atoms with Crippen LogP contribution in [0.1, 0.15) is 31.5 Å². The van der Waals surface area contributed by atoms with Crippen molar-refractivity contribution in [1.29, 1.82) is 0 Å². The quantitative estimate of drug-likeness (QED) is 0.843. The molecule has 0 saturated carbocycles. The molecule has 2 rings (SSSR count). The second kappa shape index (κ2) is 5.79. The zero-order valence-electron chi connectivity index (χ0n) is 10.6. The second-order valence-corrected chi connectivity index (χ2v) is 4.51. The minimum Gasteiger partial charge on any atom is -0.479 e. The molecule has 0 bridgehead atoms. The molecule has 102 valence electrons. The molecule has 0 aliphatic carbocycles. The molecule has 2 heterocycles. The lowest BCUT2D eigenvalue weighted by Gasteiger charge is -2.16. The second-order valence-electron chi connectivity index (χ2n) is 4.51. The number of aliphatic carboxylic acids is 1. The van der Waals surface area contributed by atoms with Gasteiger partial charge in [-0.15, -0.1) is 0 Å². The molecule has 1 aliphatic rings. The van der Waals surface area contributed by atoms with Crippen LogP contribution in [-0.2, 0) is 14.3 Å². The van der Waals surface area contributed by atoms with Crippen molar-refractivity contribution < 1.29 is 19.4 Å². The van der Waals surface area contributed by atoms with Crippen molar-refractivity contribution in [3.8, 4) is 0 Å². The van der Waals surface area contributed by atoms with E-state index in [4.69, 9.17) is 9.84 Å². The van der Waals surface area contributed by atoms with E-state index < -0.39 is 18.2 Å². The van der Waals surface area contributed by atoms with Gasteiger partial charge in [0.1, 0.15) is 6.10 Å². The minimum atomic E-state index is -1.02. The van der Waals surface area contributed by atoms with Crippen molar-refractivity contribution in [2.45, 2.75) is 38.0 Å². The number of carboxylic acids is 1. The fourth-order valence-electron chi connectivity index (χ4n) is 2.02. The molecule has 0 aromatic carbocycles. The van der Waals surface area contributed by atoms with Crippen LogP contribution in [0.25, 0.3) is 0 Å². The first-order valence-corrected chi connectivity index (χ1v) is 6.17. The van der Waals surface area contributed by atoms with E-state index in [1.165, 1.54) is 0 Å². The molecular formula is C13H16N2O4. The number of hydrogen-bond donors (Lipinski definition) is 2. The number of carbonyl (C=O) groups is 2. The maximum absolute atomic E-state index is 11.9. The van der Waals surface area contributed by atoms with Crippen molar-refractivity contribution >= 4 is 11.9 Å². The number of nitrogens with zero attached hydrogens (tertiary/aromatic N) is 1. The van der Waals surface area contributed by atoms with Crippen molar-refractivity contribution in [2.75, 3.05) is 0 Å². The molecule has 1 aliphatic heterocycles. The van der Waals surface area contributed by atoms with Crippen molar-refractivity contribution in [1.82, 2.24) is 10.3 Å². The highest BCUT2D eigenvalue weighted by atomic mass is 16.5. The number of hydrogen-bond acceptors (Lipinski definition) is 4. The van der Waals surface area contributed by atoms with E-state index in [0.717, 1.165) is 5.69 Å². The molecule has 1 aromatic heterocycles. The molecule has 6 heteroatoms.